The fraction of sp³-hybridized carbons (Fsp3) is 0.700. The number of hydrogen-bond donors (Lipinski definition) is 0. The molecule has 1 fully saturated rings. The second kappa shape index (κ2) is 3.28. The summed E-state index contributed by atoms with van der Waals surface area (Å²) in [6, 6.07) is 0.328. The third-order valence-electron chi connectivity index (χ3n) is 3.30. The molecule has 2 aliphatic heterocycles. The summed E-state index contributed by atoms with van der Waals surface area (Å²) >= 11 is 0. The van der Waals surface area contributed by atoms with Crippen LogP contribution in [0.1, 0.15) is 19.3 Å². The van der Waals surface area contributed by atoms with Crippen molar-refractivity contribution in [2.24, 2.45) is 0 Å². The van der Waals surface area contributed by atoms with E-state index >= 15 is 0 Å². The average Bonchev–Trinajstić information content (AvgIpc) is 2.42. The highest BCUT2D eigenvalue weighted by Gasteiger charge is 2.39. The number of carbonyl (C=O) groups excluding carboxylic acids is 1. The van der Waals surface area contributed by atoms with Crippen molar-refractivity contribution in [3.05, 3.63) is 11.3 Å². The molecule has 0 aliphatic carbocycles. The monoisotopic (exact) mass is 196 g/mol. The Morgan fingerprint density at radius 2 is 2.29 bits per heavy atom. The first-order chi connectivity index (χ1) is 6.65. The molecule has 0 aromatic rings. The lowest BCUT2D eigenvalue weighted by Crippen LogP contribution is -2.42. The number of fused-ring (bicyclic) bond motifs is 2. The molecule has 2 unspecified atom stereocenters. The van der Waals surface area contributed by atoms with Crippen LogP contribution in [-0.2, 0) is 9.53 Å². The first-order valence-corrected chi connectivity index (χ1v) is 4.85. The molecule has 0 aromatic heterocycles. The maximum absolute atomic E-state index is 11.6. The predicted molar refractivity (Wildman–Crippen MR) is 48.2 cm³/mol. The SMILES string of the molecule is COC(=O)C1=C([O-])CC2CCC1N2C. The highest BCUT2D eigenvalue weighted by Crippen LogP contribution is 2.36. The smallest absolute Gasteiger partial charge is 0.334 e. The Morgan fingerprint density at radius 1 is 1.57 bits per heavy atom. The third kappa shape index (κ3) is 1.21. The van der Waals surface area contributed by atoms with Crippen LogP contribution in [-0.4, -0.2) is 37.1 Å². The molecule has 0 amide bonds. The van der Waals surface area contributed by atoms with E-state index in [1.54, 1.807) is 0 Å². The van der Waals surface area contributed by atoms with E-state index in [4.69, 9.17) is 0 Å². The number of likely N-dealkylation sites (N-methyl/N-ethyl adjacent to an activating group) is 1. The van der Waals surface area contributed by atoms with E-state index in [0.29, 0.717) is 18.0 Å². The lowest BCUT2D eigenvalue weighted by Gasteiger charge is -2.36. The van der Waals surface area contributed by atoms with Crippen LogP contribution in [0.4, 0.5) is 0 Å². The lowest BCUT2D eigenvalue weighted by atomic mass is 10.0. The zero-order valence-corrected chi connectivity index (χ0v) is 8.45. The van der Waals surface area contributed by atoms with Gasteiger partial charge >= 0.3 is 5.97 Å². The maximum Gasteiger partial charge on any atom is 0.334 e. The van der Waals surface area contributed by atoms with Crippen molar-refractivity contribution in [1.29, 1.82) is 0 Å². The summed E-state index contributed by atoms with van der Waals surface area (Å²) in [5.41, 5.74) is 0.351. The van der Waals surface area contributed by atoms with Crippen LogP contribution < -0.4 is 5.11 Å². The molecule has 2 atom stereocenters. The molecule has 1 saturated heterocycles. The zero-order chi connectivity index (χ0) is 10.3. The summed E-state index contributed by atoms with van der Waals surface area (Å²) < 4.78 is 4.64. The number of ether oxygens (including phenoxy) is 1. The van der Waals surface area contributed by atoms with Gasteiger partial charge in [0.1, 0.15) is 0 Å². The zero-order valence-electron chi connectivity index (χ0n) is 8.45. The van der Waals surface area contributed by atoms with Crippen LogP contribution in [0, 0.1) is 0 Å². The number of carbonyl (C=O) groups is 1. The molecule has 0 N–H and O–H groups in total. The molecule has 14 heavy (non-hydrogen) atoms. The van der Waals surface area contributed by atoms with Gasteiger partial charge in [0.25, 0.3) is 0 Å². The Labute approximate surface area is 83.2 Å². The summed E-state index contributed by atoms with van der Waals surface area (Å²) in [6.07, 6.45) is 2.38. The molecule has 2 aliphatic rings. The van der Waals surface area contributed by atoms with Gasteiger partial charge in [-0.3, -0.25) is 4.90 Å². The van der Waals surface area contributed by atoms with Crippen LogP contribution in [0.5, 0.6) is 0 Å². The summed E-state index contributed by atoms with van der Waals surface area (Å²) in [6.45, 7) is 0. The summed E-state index contributed by atoms with van der Waals surface area (Å²) in [4.78, 5) is 13.5. The van der Waals surface area contributed by atoms with Crippen molar-refractivity contribution < 1.29 is 14.6 Å². The Balaban J connectivity index is 2.33. The molecule has 0 radical (unpaired) electrons. The Morgan fingerprint density at radius 3 is 2.93 bits per heavy atom. The second-order valence-electron chi connectivity index (χ2n) is 3.94. The number of esters is 1. The van der Waals surface area contributed by atoms with Gasteiger partial charge in [-0.15, -0.1) is 5.76 Å². The highest BCUT2D eigenvalue weighted by molar-refractivity contribution is 5.90. The van der Waals surface area contributed by atoms with E-state index < -0.39 is 5.97 Å². The molecule has 78 valence electrons. The molecule has 4 nitrogen and oxygen atoms in total. The van der Waals surface area contributed by atoms with Crippen LogP contribution in [0.15, 0.2) is 11.3 Å². The second-order valence-corrected chi connectivity index (χ2v) is 3.94. The van der Waals surface area contributed by atoms with E-state index in [-0.39, 0.29) is 11.8 Å². The van der Waals surface area contributed by atoms with Crippen LogP contribution >= 0.6 is 0 Å². The van der Waals surface area contributed by atoms with E-state index in [2.05, 4.69) is 9.64 Å². The number of hydrogen-bond acceptors (Lipinski definition) is 4. The minimum atomic E-state index is -0.452. The van der Waals surface area contributed by atoms with E-state index in [0.717, 1.165) is 12.8 Å². The highest BCUT2D eigenvalue weighted by atomic mass is 16.5. The van der Waals surface area contributed by atoms with Gasteiger partial charge in [-0.25, -0.2) is 4.79 Å². The van der Waals surface area contributed by atoms with Crippen LogP contribution in [0.2, 0.25) is 0 Å². The third-order valence-corrected chi connectivity index (χ3v) is 3.30. The van der Waals surface area contributed by atoms with Gasteiger partial charge in [-0.1, -0.05) is 0 Å². The Bertz CT molecular complexity index is 298. The predicted octanol–water partition coefficient (Wildman–Crippen LogP) is -0.360. The van der Waals surface area contributed by atoms with E-state index in [1.165, 1.54) is 7.11 Å². The number of methoxy groups -OCH3 is 1. The molecule has 0 saturated carbocycles. The van der Waals surface area contributed by atoms with E-state index in [1.807, 2.05) is 7.05 Å². The molecular weight excluding hydrogens is 182 g/mol. The van der Waals surface area contributed by atoms with Crippen molar-refractivity contribution >= 4 is 5.97 Å². The molecular formula is C10H14NO3-. The van der Waals surface area contributed by atoms with Crippen molar-refractivity contribution in [3.63, 3.8) is 0 Å². The van der Waals surface area contributed by atoms with Crippen LogP contribution in [0.25, 0.3) is 0 Å². The van der Waals surface area contributed by atoms with Crippen LogP contribution in [0.3, 0.4) is 0 Å². The largest absolute Gasteiger partial charge is 0.875 e. The quantitative estimate of drug-likeness (QED) is 0.537. The molecule has 0 spiro atoms. The van der Waals surface area contributed by atoms with Gasteiger partial charge in [-0.2, -0.15) is 0 Å². The summed E-state index contributed by atoms with van der Waals surface area (Å²) in [5, 5.41) is 11.6. The van der Waals surface area contributed by atoms with Crippen molar-refractivity contribution in [3.8, 4) is 0 Å². The summed E-state index contributed by atoms with van der Waals surface area (Å²) in [7, 11) is 3.29. The first-order valence-electron chi connectivity index (χ1n) is 4.85. The van der Waals surface area contributed by atoms with Gasteiger partial charge in [0.15, 0.2) is 0 Å². The summed E-state index contributed by atoms with van der Waals surface area (Å²) in [5.74, 6) is -0.477. The minimum Gasteiger partial charge on any atom is -0.875 e. The molecule has 2 heterocycles. The molecule has 2 rings (SSSR count). The first kappa shape index (κ1) is 9.52. The average molecular weight is 196 g/mol. The van der Waals surface area contributed by atoms with Crippen molar-refractivity contribution in [2.45, 2.75) is 31.3 Å². The number of rotatable bonds is 1. The molecule has 4 heteroatoms. The number of nitrogens with zero attached hydrogens (tertiary/aromatic N) is 1. The fourth-order valence-electron chi connectivity index (χ4n) is 2.48. The van der Waals surface area contributed by atoms with Gasteiger partial charge in [0, 0.05) is 17.7 Å². The van der Waals surface area contributed by atoms with Crippen molar-refractivity contribution in [1.82, 2.24) is 4.90 Å². The van der Waals surface area contributed by atoms with Gasteiger partial charge in [-0.05, 0) is 26.3 Å². The Kier molecular flexibility index (Phi) is 2.23. The lowest BCUT2D eigenvalue weighted by molar-refractivity contribution is -0.312. The minimum absolute atomic E-state index is 0.00583. The molecule has 2 bridgehead atoms. The standard InChI is InChI=1S/C10H15NO3/c1-11-6-3-4-7(11)9(8(12)5-6)10(13)14-2/h6-7,12H,3-5H2,1-2H3/p-1. The Hall–Kier alpha value is -1.03. The van der Waals surface area contributed by atoms with Gasteiger partial charge in [0.2, 0.25) is 0 Å². The molecule has 0 aromatic carbocycles. The maximum atomic E-state index is 11.6. The van der Waals surface area contributed by atoms with Crippen molar-refractivity contribution in [2.75, 3.05) is 14.2 Å². The van der Waals surface area contributed by atoms with Gasteiger partial charge < -0.3 is 9.84 Å². The normalized spacial score (nSPS) is 32.1. The fourth-order valence-corrected chi connectivity index (χ4v) is 2.48. The van der Waals surface area contributed by atoms with Gasteiger partial charge in [0.05, 0.1) is 7.11 Å². The van der Waals surface area contributed by atoms with E-state index in [9.17, 15) is 9.90 Å². The topological polar surface area (TPSA) is 52.6 Å².